The summed E-state index contributed by atoms with van der Waals surface area (Å²) in [6.07, 6.45) is 8.24. The molecule has 3 fully saturated rings. The lowest BCUT2D eigenvalue weighted by Crippen LogP contribution is -2.58. The second kappa shape index (κ2) is 17.2. The monoisotopic (exact) mass is 884 g/mol. The van der Waals surface area contributed by atoms with E-state index in [9.17, 15) is 22.8 Å². The summed E-state index contributed by atoms with van der Waals surface area (Å²) in [5.41, 5.74) is 2.29. The molecule has 2 aliphatic heterocycles. The van der Waals surface area contributed by atoms with Crippen LogP contribution >= 0.6 is 11.3 Å². The molecule has 2 saturated carbocycles. The molecule has 2 aromatic heterocycles. The van der Waals surface area contributed by atoms with Crippen molar-refractivity contribution >= 4 is 55.7 Å². The molecule has 0 bridgehead atoms. The standard InChI is InChI=1S/C46H56N6O8S2/c1-27(2)36-26-61-42(49-36)35-23-39(33-17-18-38(59-6)28(3)40(33)48-35)60-32-22-37-41(53)50-46(44(55)51-62(56,57)45(4)19-20-45)24-29(46)13-10-8-7-9-11-16-34(43(54)52(37)25-32)47-30-14-12-15-31(21-30)58-5/h10,12-15,17-18,21,23,26-27,29,32,34,37,47H,7-9,11,16,19-20,22,24-25H2,1-6H3,(H,50,53)(H,51,55)/b13-10-/t29-,32-,34+,37+,46-/m1/s1. The normalized spacial score (nSPS) is 25.4. The van der Waals surface area contributed by atoms with Gasteiger partial charge in [-0.2, -0.15) is 0 Å². The number of anilines is 1. The summed E-state index contributed by atoms with van der Waals surface area (Å²) in [4.78, 5) is 55.3. The Hall–Kier alpha value is -5.22. The first-order chi connectivity index (χ1) is 29.6. The lowest BCUT2D eigenvalue weighted by atomic mass is 10.0. The van der Waals surface area contributed by atoms with Gasteiger partial charge in [-0.15, -0.1) is 11.3 Å². The van der Waals surface area contributed by atoms with Crippen molar-refractivity contribution in [3.8, 4) is 28.0 Å². The van der Waals surface area contributed by atoms with Crippen LogP contribution in [0.5, 0.6) is 17.2 Å². The number of nitrogens with zero attached hydrogens (tertiary/aromatic N) is 3. The number of ether oxygens (including phenoxy) is 3. The van der Waals surface area contributed by atoms with Crippen molar-refractivity contribution in [2.45, 2.75) is 120 Å². The minimum absolute atomic E-state index is 0.0749. The second-order valence-electron chi connectivity index (χ2n) is 17.7. The van der Waals surface area contributed by atoms with Crippen LogP contribution in [0.4, 0.5) is 5.69 Å². The van der Waals surface area contributed by atoms with Gasteiger partial charge in [-0.3, -0.25) is 19.1 Å². The summed E-state index contributed by atoms with van der Waals surface area (Å²) < 4.78 is 46.0. The average Bonchev–Trinajstić information content (AvgIpc) is 4.02. The number of aryl methyl sites for hydroxylation is 1. The van der Waals surface area contributed by atoms with E-state index in [1.165, 1.54) is 11.3 Å². The number of pyridine rings is 1. The van der Waals surface area contributed by atoms with Crippen molar-refractivity contribution in [3.63, 3.8) is 0 Å². The molecular formula is C46H56N6O8S2. The molecule has 16 heteroatoms. The Morgan fingerprint density at radius 2 is 1.84 bits per heavy atom. The number of hydrogen-bond donors (Lipinski definition) is 3. The molecule has 5 atom stereocenters. The number of hydrogen-bond acceptors (Lipinski definition) is 12. The van der Waals surface area contributed by atoms with Crippen LogP contribution in [-0.2, 0) is 24.4 Å². The smallest absolute Gasteiger partial charge is 0.259 e. The number of thiazole rings is 1. The van der Waals surface area contributed by atoms with Gasteiger partial charge < -0.3 is 29.7 Å². The zero-order valence-electron chi connectivity index (χ0n) is 36.2. The largest absolute Gasteiger partial charge is 0.497 e. The Bertz CT molecular complexity index is 2520. The molecule has 14 nitrogen and oxygen atoms in total. The summed E-state index contributed by atoms with van der Waals surface area (Å²) in [5.74, 6) is 0.0399. The summed E-state index contributed by atoms with van der Waals surface area (Å²) in [6, 6.07) is 11.3. The van der Waals surface area contributed by atoms with Gasteiger partial charge in [-0.1, -0.05) is 44.9 Å². The average molecular weight is 885 g/mol. The third-order valence-electron chi connectivity index (χ3n) is 12.9. The number of methoxy groups -OCH3 is 2. The van der Waals surface area contributed by atoms with E-state index in [2.05, 4.69) is 29.2 Å². The van der Waals surface area contributed by atoms with Gasteiger partial charge in [-0.05, 0) is 82.6 Å². The molecular weight excluding hydrogens is 829 g/mol. The van der Waals surface area contributed by atoms with E-state index in [4.69, 9.17) is 24.2 Å². The molecule has 0 radical (unpaired) electrons. The number of benzene rings is 2. The Labute approximate surface area is 367 Å². The first-order valence-corrected chi connectivity index (χ1v) is 23.9. The maximum atomic E-state index is 15.0. The van der Waals surface area contributed by atoms with Gasteiger partial charge in [0.15, 0.2) is 0 Å². The summed E-state index contributed by atoms with van der Waals surface area (Å²) >= 11 is 1.50. The van der Waals surface area contributed by atoms with Gasteiger partial charge in [-0.25, -0.2) is 18.4 Å². The molecule has 4 aromatic rings. The Balaban J connectivity index is 1.16. The quantitative estimate of drug-likeness (QED) is 0.132. The molecule has 2 aliphatic carbocycles. The lowest BCUT2D eigenvalue weighted by Gasteiger charge is -2.30. The van der Waals surface area contributed by atoms with E-state index in [0.29, 0.717) is 53.4 Å². The highest BCUT2D eigenvalue weighted by Crippen LogP contribution is 2.48. The predicted molar refractivity (Wildman–Crippen MR) is 239 cm³/mol. The maximum Gasteiger partial charge on any atom is 0.259 e. The molecule has 330 valence electrons. The number of aromatic nitrogens is 2. The van der Waals surface area contributed by atoms with Crippen molar-refractivity contribution in [2.24, 2.45) is 5.92 Å². The molecule has 0 spiro atoms. The van der Waals surface area contributed by atoms with Crippen LogP contribution in [0.15, 0.2) is 60.0 Å². The minimum atomic E-state index is -3.99. The first-order valence-electron chi connectivity index (χ1n) is 21.5. The fraction of sp³-hybridized carbons (Fsp3) is 0.500. The Morgan fingerprint density at radius 3 is 2.56 bits per heavy atom. The third kappa shape index (κ3) is 8.59. The van der Waals surface area contributed by atoms with Crippen LogP contribution in [0.25, 0.3) is 21.6 Å². The SMILES string of the molecule is COc1cccc(N[C@H]2CCCCC/C=C\[C@@H]3C[C@@]3(C(=O)NS(=O)(=O)C3(C)CC3)NC(=O)[C@@H]3C[C@@H](Oc4cc(-c5nc(C(C)C)cs5)nc5c(C)c(OC)ccc45)CN3C2=O)c1. The predicted octanol–water partition coefficient (Wildman–Crippen LogP) is 7.03. The van der Waals surface area contributed by atoms with Crippen molar-refractivity contribution < 1.29 is 37.0 Å². The van der Waals surface area contributed by atoms with Crippen LogP contribution < -0.4 is 29.6 Å². The summed E-state index contributed by atoms with van der Waals surface area (Å²) in [5, 5.41) is 9.93. The van der Waals surface area contributed by atoms with Crippen molar-refractivity contribution in [3.05, 3.63) is 71.3 Å². The third-order valence-corrected chi connectivity index (χ3v) is 15.9. The summed E-state index contributed by atoms with van der Waals surface area (Å²) in [6.45, 7) is 7.81. The number of allylic oxidation sites excluding steroid dienone is 1. The van der Waals surface area contributed by atoms with Crippen LogP contribution in [-0.4, -0.2) is 90.2 Å². The van der Waals surface area contributed by atoms with Gasteiger partial charge in [0, 0.05) is 46.5 Å². The Morgan fingerprint density at radius 1 is 1.03 bits per heavy atom. The minimum Gasteiger partial charge on any atom is -0.497 e. The maximum absolute atomic E-state index is 15.0. The number of carbonyl (C=O) groups excluding carboxylic acids is 3. The zero-order chi connectivity index (χ0) is 44.0. The lowest BCUT2D eigenvalue weighted by molar-refractivity contribution is -0.140. The molecule has 4 heterocycles. The molecule has 4 aliphatic rings. The van der Waals surface area contributed by atoms with Gasteiger partial charge in [0.05, 0.1) is 36.7 Å². The number of sulfonamides is 1. The fourth-order valence-electron chi connectivity index (χ4n) is 8.52. The zero-order valence-corrected chi connectivity index (χ0v) is 37.8. The Kier molecular flexibility index (Phi) is 12.0. The van der Waals surface area contributed by atoms with Crippen LogP contribution in [0, 0.1) is 12.8 Å². The molecule has 8 rings (SSSR count). The molecule has 0 unspecified atom stereocenters. The number of amides is 3. The van der Waals surface area contributed by atoms with Crippen molar-refractivity contribution in [1.82, 2.24) is 24.9 Å². The first kappa shape index (κ1) is 43.4. The van der Waals surface area contributed by atoms with Gasteiger partial charge in [0.1, 0.15) is 51.7 Å². The van der Waals surface area contributed by atoms with Gasteiger partial charge in [0.2, 0.25) is 21.8 Å². The highest BCUT2D eigenvalue weighted by molar-refractivity contribution is 7.91. The van der Waals surface area contributed by atoms with Gasteiger partial charge in [0.25, 0.3) is 5.91 Å². The molecule has 62 heavy (non-hydrogen) atoms. The van der Waals surface area contributed by atoms with Crippen LogP contribution in [0.3, 0.4) is 0 Å². The van der Waals surface area contributed by atoms with E-state index in [0.717, 1.165) is 47.3 Å². The van der Waals surface area contributed by atoms with Crippen molar-refractivity contribution in [1.29, 1.82) is 0 Å². The van der Waals surface area contributed by atoms with E-state index < -0.39 is 56.2 Å². The number of rotatable bonds is 11. The second-order valence-corrected chi connectivity index (χ2v) is 20.7. The molecule has 2 aromatic carbocycles. The molecule has 3 amide bonds. The molecule has 3 N–H and O–H groups in total. The van der Waals surface area contributed by atoms with E-state index in [1.54, 1.807) is 26.0 Å². The number of carbonyl (C=O) groups is 3. The van der Waals surface area contributed by atoms with Crippen LogP contribution in [0.1, 0.15) is 95.7 Å². The van der Waals surface area contributed by atoms with E-state index in [-0.39, 0.29) is 31.2 Å². The highest BCUT2D eigenvalue weighted by atomic mass is 32.2. The number of fused-ring (bicyclic) bond motifs is 3. The molecule has 1 saturated heterocycles. The van der Waals surface area contributed by atoms with E-state index >= 15 is 0 Å². The van der Waals surface area contributed by atoms with Crippen LogP contribution in [0.2, 0.25) is 0 Å². The van der Waals surface area contributed by atoms with Crippen molar-refractivity contribution in [2.75, 3.05) is 26.1 Å². The van der Waals surface area contributed by atoms with Gasteiger partial charge >= 0.3 is 0 Å². The fourth-order valence-corrected chi connectivity index (χ4v) is 10.8. The highest BCUT2D eigenvalue weighted by Gasteiger charge is 2.63. The topological polar surface area (TPSA) is 178 Å². The summed E-state index contributed by atoms with van der Waals surface area (Å²) in [7, 11) is -0.788. The van der Waals surface area contributed by atoms with E-state index in [1.807, 2.05) is 66.9 Å². The number of nitrogens with one attached hydrogen (secondary N) is 3.